The predicted octanol–water partition coefficient (Wildman–Crippen LogP) is 2.18. The first-order chi connectivity index (χ1) is 7.54. The molecular formula is C10H13FN2O3. The number of halogens is 1. The number of methoxy groups -OCH3 is 1. The minimum absolute atomic E-state index is 0.00457. The van der Waals surface area contributed by atoms with Crippen LogP contribution in [-0.4, -0.2) is 24.7 Å². The number of nitro groups is 1. The normalized spacial score (nSPS) is 12.2. The van der Waals surface area contributed by atoms with E-state index in [0.717, 1.165) is 6.07 Å². The fourth-order valence-corrected chi connectivity index (χ4v) is 1.32. The molecule has 1 atom stereocenters. The smallest absolute Gasteiger partial charge is 0.306 e. The SMILES string of the molecule is COCC(C)Nc1ccc(F)c([N+](=O)[O-])c1. The summed E-state index contributed by atoms with van der Waals surface area (Å²) in [5, 5.41) is 13.5. The third kappa shape index (κ3) is 3.16. The number of anilines is 1. The maximum absolute atomic E-state index is 13.0. The van der Waals surface area contributed by atoms with Crippen molar-refractivity contribution >= 4 is 11.4 Å². The van der Waals surface area contributed by atoms with E-state index in [0.29, 0.717) is 12.3 Å². The summed E-state index contributed by atoms with van der Waals surface area (Å²) in [6.45, 7) is 2.32. The topological polar surface area (TPSA) is 64.4 Å². The molecule has 0 bridgehead atoms. The van der Waals surface area contributed by atoms with Gasteiger partial charge < -0.3 is 10.1 Å². The Hall–Kier alpha value is -1.69. The number of nitro benzene ring substituents is 1. The van der Waals surface area contributed by atoms with Crippen molar-refractivity contribution in [3.63, 3.8) is 0 Å². The number of nitrogens with zero attached hydrogens (tertiary/aromatic N) is 1. The summed E-state index contributed by atoms with van der Waals surface area (Å²) in [6.07, 6.45) is 0. The van der Waals surface area contributed by atoms with Crippen molar-refractivity contribution < 1.29 is 14.1 Å². The molecule has 0 amide bonds. The van der Waals surface area contributed by atoms with E-state index in [9.17, 15) is 14.5 Å². The molecule has 1 N–H and O–H groups in total. The van der Waals surface area contributed by atoms with E-state index in [2.05, 4.69) is 5.32 Å². The molecule has 0 aliphatic carbocycles. The zero-order chi connectivity index (χ0) is 12.1. The Morgan fingerprint density at radius 1 is 1.62 bits per heavy atom. The lowest BCUT2D eigenvalue weighted by Gasteiger charge is -2.13. The quantitative estimate of drug-likeness (QED) is 0.619. The van der Waals surface area contributed by atoms with Gasteiger partial charge >= 0.3 is 5.69 Å². The second-order valence-electron chi connectivity index (χ2n) is 3.42. The molecule has 0 aliphatic rings. The number of ether oxygens (including phenoxy) is 1. The number of nitrogens with one attached hydrogen (secondary N) is 1. The van der Waals surface area contributed by atoms with Gasteiger partial charge in [-0.15, -0.1) is 0 Å². The van der Waals surface area contributed by atoms with Crippen LogP contribution in [0.3, 0.4) is 0 Å². The Morgan fingerprint density at radius 3 is 2.88 bits per heavy atom. The molecule has 0 aromatic heterocycles. The van der Waals surface area contributed by atoms with Crippen LogP contribution < -0.4 is 5.32 Å². The minimum Gasteiger partial charge on any atom is -0.383 e. The fraction of sp³-hybridized carbons (Fsp3) is 0.400. The highest BCUT2D eigenvalue weighted by Crippen LogP contribution is 2.21. The Balaban J connectivity index is 2.82. The zero-order valence-electron chi connectivity index (χ0n) is 9.07. The molecule has 5 nitrogen and oxygen atoms in total. The van der Waals surface area contributed by atoms with Crippen molar-refractivity contribution in [2.24, 2.45) is 0 Å². The van der Waals surface area contributed by atoms with Gasteiger partial charge in [-0.05, 0) is 19.1 Å². The molecule has 0 saturated carbocycles. The van der Waals surface area contributed by atoms with Gasteiger partial charge in [0.05, 0.1) is 11.5 Å². The van der Waals surface area contributed by atoms with Crippen LogP contribution in [0.25, 0.3) is 0 Å². The summed E-state index contributed by atoms with van der Waals surface area (Å²) < 4.78 is 17.9. The van der Waals surface area contributed by atoms with Crippen LogP contribution in [0.4, 0.5) is 15.8 Å². The highest BCUT2D eigenvalue weighted by atomic mass is 19.1. The van der Waals surface area contributed by atoms with Gasteiger partial charge in [-0.1, -0.05) is 0 Å². The van der Waals surface area contributed by atoms with Crippen molar-refractivity contribution in [3.05, 3.63) is 34.1 Å². The van der Waals surface area contributed by atoms with Crippen LogP contribution in [0.15, 0.2) is 18.2 Å². The lowest BCUT2D eigenvalue weighted by molar-refractivity contribution is -0.387. The summed E-state index contributed by atoms with van der Waals surface area (Å²) in [6, 6.07) is 3.69. The van der Waals surface area contributed by atoms with Gasteiger partial charge in [0.1, 0.15) is 0 Å². The Bertz CT molecular complexity index is 384. The molecule has 0 radical (unpaired) electrons. The van der Waals surface area contributed by atoms with Crippen LogP contribution in [0, 0.1) is 15.9 Å². The highest BCUT2D eigenvalue weighted by molar-refractivity contribution is 5.52. The van der Waals surface area contributed by atoms with Crippen molar-refractivity contribution in [2.45, 2.75) is 13.0 Å². The van der Waals surface area contributed by atoms with E-state index >= 15 is 0 Å². The minimum atomic E-state index is -0.838. The largest absolute Gasteiger partial charge is 0.383 e. The predicted molar refractivity (Wildman–Crippen MR) is 58.0 cm³/mol. The van der Waals surface area contributed by atoms with Crippen LogP contribution in [0.2, 0.25) is 0 Å². The summed E-state index contributed by atoms with van der Waals surface area (Å²) in [7, 11) is 1.56. The van der Waals surface area contributed by atoms with Gasteiger partial charge in [0, 0.05) is 24.9 Å². The lowest BCUT2D eigenvalue weighted by atomic mass is 10.2. The maximum Gasteiger partial charge on any atom is 0.306 e. The number of rotatable bonds is 5. The second kappa shape index (κ2) is 5.41. The van der Waals surface area contributed by atoms with Crippen molar-refractivity contribution in [1.82, 2.24) is 0 Å². The van der Waals surface area contributed by atoms with Crippen molar-refractivity contribution in [2.75, 3.05) is 19.0 Å². The molecule has 0 spiro atoms. The molecule has 1 aromatic carbocycles. The standard InChI is InChI=1S/C10H13FN2O3/c1-7(6-16-2)12-8-3-4-9(11)10(5-8)13(14)15/h3-5,7,12H,6H2,1-2H3. The number of hydrogen-bond acceptors (Lipinski definition) is 4. The highest BCUT2D eigenvalue weighted by Gasteiger charge is 2.14. The molecule has 6 heteroatoms. The number of hydrogen-bond donors (Lipinski definition) is 1. The zero-order valence-corrected chi connectivity index (χ0v) is 9.07. The molecule has 1 unspecified atom stereocenters. The Labute approximate surface area is 92.4 Å². The van der Waals surface area contributed by atoms with E-state index in [1.807, 2.05) is 6.92 Å². The first-order valence-electron chi connectivity index (χ1n) is 4.74. The third-order valence-electron chi connectivity index (χ3n) is 1.97. The summed E-state index contributed by atoms with van der Waals surface area (Å²) in [5.74, 6) is -0.838. The first-order valence-corrected chi connectivity index (χ1v) is 4.74. The van der Waals surface area contributed by atoms with Gasteiger partial charge in [-0.3, -0.25) is 10.1 Å². The fourth-order valence-electron chi connectivity index (χ4n) is 1.32. The van der Waals surface area contributed by atoms with Crippen LogP contribution in [-0.2, 0) is 4.74 Å². The van der Waals surface area contributed by atoms with Crippen LogP contribution in [0.5, 0.6) is 0 Å². The molecule has 1 aromatic rings. The number of benzene rings is 1. The monoisotopic (exact) mass is 228 g/mol. The first kappa shape index (κ1) is 12.4. The maximum atomic E-state index is 13.0. The second-order valence-corrected chi connectivity index (χ2v) is 3.42. The van der Waals surface area contributed by atoms with E-state index in [1.54, 1.807) is 7.11 Å². The van der Waals surface area contributed by atoms with Gasteiger partial charge in [-0.25, -0.2) is 0 Å². The van der Waals surface area contributed by atoms with Gasteiger partial charge in [0.15, 0.2) is 0 Å². The average molecular weight is 228 g/mol. The molecule has 88 valence electrons. The Morgan fingerprint density at radius 2 is 2.31 bits per heavy atom. The molecular weight excluding hydrogens is 215 g/mol. The molecule has 0 heterocycles. The van der Waals surface area contributed by atoms with Crippen molar-refractivity contribution in [3.8, 4) is 0 Å². The lowest BCUT2D eigenvalue weighted by Crippen LogP contribution is -2.20. The molecule has 1 rings (SSSR count). The van der Waals surface area contributed by atoms with E-state index in [4.69, 9.17) is 4.74 Å². The molecule has 0 saturated heterocycles. The molecule has 0 aliphatic heterocycles. The Kier molecular flexibility index (Phi) is 4.19. The third-order valence-corrected chi connectivity index (χ3v) is 1.97. The van der Waals surface area contributed by atoms with Gasteiger partial charge in [-0.2, -0.15) is 4.39 Å². The summed E-state index contributed by atoms with van der Waals surface area (Å²) in [5.41, 5.74) is -0.0349. The summed E-state index contributed by atoms with van der Waals surface area (Å²) >= 11 is 0. The van der Waals surface area contributed by atoms with E-state index in [-0.39, 0.29) is 6.04 Å². The van der Waals surface area contributed by atoms with Crippen LogP contribution >= 0.6 is 0 Å². The van der Waals surface area contributed by atoms with Gasteiger partial charge in [0.25, 0.3) is 0 Å². The summed E-state index contributed by atoms with van der Waals surface area (Å²) in [4.78, 5) is 9.75. The van der Waals surface area contributed by atoms with Gasteiger partial charge in [0.2, 0.25) is 5.82 Å². The van der Waals surface area contributed by atoms with Crippen molar-refractivity contribution in [1.29, 1.82) is 0 Å². The average Bonchev–Trinajstić information content (AvgIpc) is 2.21. The van der Waals surface area contributed by atoms with E-state index < -0.39 is 16.4 Å². The molecule has 16 heavy (non-hydrogen) atoms. The van der Waals surface area contributed by atoms with E-state index in [1.165, 1.54) is 12.1 Å². The molecule has 0 fully saturated rings. The van der Waals surface area contributed by atoms with Crippen LogP contribution in [0.1, 0.15) is 6.92 Å².